The van der Waals surface area contributed by atoms with E-state index in [1.807, 2.05) is 25.1 Å². The van der Waals surface area contributed by atoms with Gasteiger partial charge in [-0.25, -0.2) is 9.59 Å². The van der Waals surface area contributed by atoms with Gasteiger partial charge in [-0.15, -0.1) is 0 Å². The number of hydrogen-bond donors (Lipinski definition) is 4. The number of benzene rings is 3. The Labute approximate surface area is 265 Å². The predicted octanol–water partition coefficient (Wildman–Crippen LogP) is 4.45. The summed E-state index contributed by atoms with van der Waals surface area (Å²) < 4.78 is 28.0. The van der Waals surface area contributed by atoms with E-state index in [-0.39, 0.29) is 18.8 Å². The summed E-state index contributed by atoms with van der Waals surface area (Å²) in [5.41, 5.74) is 5.28. The summed E-state index contributed by atoms with van der Waals surface area (Å²) in [4.78, 5) is 24.6. The number of hydrazone groups is 1. The first-order valence-electron chi connectivity index (χ1n) is 14.0. The van der Waals surface area contributed by atoms with E-state index in [0.29, 0.717) is 51.5 Å². The van der Waals surface area contributed by atoms with Crippen molar-refractivity contribution in [3.63, 3.8) is 0 Å². The first kappa shape index (κ1) is 33.0. The van der Waals surface area contributed by atoms with E-state index in [2.05, 4.69) is 21.2 Å². The second-order valence-corrected chi connectivity index (χ2v) is 10.1. The zero-order chi connectivity index (χ0) is 32.3. The molecule has 238 valence electrons. The number of methoxy groups -OCH3 is 2. The molecule has 0 aliphatic carbocycles. The van der Waals surface area contributed by atoms with E-state index in [9.17, 15) is 14.7 Å². The Hall–Kier alpha value is -4.94. The van der Waals surface area contributed by atoms with Crippen LogP contribution in [-0.4, -0.2) is 57.0 Å². The van der Waals surface area contributed by atoms with E-state index >= 15 is 0 Å². The number of rotatable bonds is 14. The van der Waals surface area contributed by atoms with Crippen LogP contribution in [-0.2, 0) is 16.1 Å². The van der Waals surface area contributed by atoms with Crippen LogP contribution >= 0.6 is 11.6 Å². The SMILES string of the molecule is CCOc1cc([C@@H]2NC(=O)NC(C)=C2C(=O)OC)ccc1OC[C@@H](O)N/N=C/c1cccc(OC)c1OCc1ccccc1Cl. The highest BCUT2D eigenvalue weighted by Crippen LogP contribution is 2.35. The van der Waals surface area contributed by atoms with E-state index in [1.54, 1.807) is 56.5 Å². The topological polar surface area (TPSA) is 149 Å². The van der Waals surface area contributed by atoms with Gasteiger partial charge in [-0.2, -0.15) is 5.10 Å². The van der Waals surface area contributed by atoms with E-state index in [1.165, 1.54) is 13.3 Å². The smallest absolute Gasteiger partial charge is 0.337 e. The quantitative estimate of drug-likeness (QED) is 0.0870. The Bertz CT molecular complexity index is 1580. The van der Waals surface area contributed by atoms with Gasteiger partial charge in [-0.05, 0) is 49.7 Å². The summed E-state index contributed by atoms with van der Waals surface area (Å²) in [5, 5.41) is 20.6. The minimum absolute atomic E-state index is 0.179. The Kier molecular flexibility index (Phi) is 11.5. The number of aliphatic hydroxyl groups excluding tert-OH is 1. The lowest BCUT2D eigenvalue weighted by molar-refractivity contribution is -0.136. The molecule has 0 saturated carbocycles. The maximum Gasteiger partial charge on any atom is 0.337 e. The minimum Gasteiger partial charge on any atom is -0.493 e. The molecule has 13 heteroatoms. The average Bonchev–Trinajstić information content (AvgIpc) is 3.03. The van der Waals surface area contributed by atoms with Crippen molar-refractivity contribution in [1.29, 1.82) is 0 Å². The van der Waals surface area contributed by atoms with Crippen LogP contribution in [0.2, 0.25) is 5.02 Å². The Balaban J connectivity index is 1.42. The Morgan fingerprint density at radius 2 is 1.87 bits per heavy atom. The van der Waals surface area contributed by atoms with Crippen LogP contribution in [0.5, 0.6) is 23.0 Å². The number of carbonyl (C=O) groups excluding carboxylic acids is 2. The molecule has 12 nitrogen and oxygen atoms in total. The number of allylic oxidation sites excluding steroid dienone is 1. The highest BCUT2D eigenvalue weighted by atomic mass is 35.5. The zero-order valence-corrected chi connectivity index (χ0v) is 26.0. The molecule has 1 aliphatic rings. The number of halogens is 1. The van der Waals surface area contributed by atoms with Gasteiger partial charge < -0.3 is 39.4 Å². The number of carbonyl (C=O) groups is 2. The molecule has 45 heavy (non-hydrogen) atoms. The summed E-state index contributed by atoms with van der Waals surface area (Å²) in [7, 11) is 2.81. The molecule has 4 N–H and O–H groups in total. The van der Waals surface area contributed by atoms with Crippen LogP contribution in [0.4, 0.5) is 4.79 Å². The number of amides is 2. The van der Waals surface area contributed by atoms with Gasteiger partial charge in [-0.3, -0.25) is 5.43 Å². The number of nitrogens with zero attached hydrogens (tertiary/aromatic N) is 1. The maximum absolute atomic E-state index is 12.5. The molecule has 4 rings (SSSR count). The number of hydrogen-bond acceptors (Lipinski definition) is 10. The standard InChI is InChI=1S/C32H35ClN4O8/c1-5-43-26-15-20(29-28(31(39)42-4)19(2)35-32(40)36-29)13-14-24(26)44-18-27(38)37-34-16-21-10-8-12-25(41-3)30(21)45-17-22-9-6-7-11-23(22)33/h6-16,27,29,37-38H,5,17-18H2,1-4H3,(H2,35,36,40)/b34-16+/t27-,29+/m1/s1. The third kappa shape index (κ3) is 8.37. The van der Waals surface area contributed by atoms with Crippen LogP contribution in [0.25, 0.3) is 0 Å². The first-order chi connectivity index (χ1) is 21.7. The molecular weight excluding hydrogens is 604 g/mol. The summed E-state index contributed by atoms with van der Waals surface area (Å²) in [5.74, 6) is 1.09. The number of aliphatic hydroxyl groups is 1. The fraction of sp³-hybridized carbons (Fsp3) is 0.281. The fourth-order valence-corrected chi connectivity index (χ4v) is 4.72. The molecule has 0 saturated heterocycles. The van der Waals surface area contributed by atoms with Crippen molar-refractivity contribution >= 4 is 29.8 Å². The van der Waals surface area contributed by atoms with Crippen molar-refractivity contribution in [3.05, 3.63) is 93.6 Å². The molecule has 0 aromatic heterocycles. The molecule has 3 aromatic rings. The van der Waals surface area contributed by atoms with E-state index in [0.717, 1.165) is 5.56 Å². The largest absolute Gasteiger partial charge is 0.493 e. The van der Waals surface area contributed by atoms with E-state index in [4.69, 9.17) is 35.3 Å². The van der Waals surface area contributed by atoms with Gasteiger partial charge in [0.05, 0.1) is 38.7 Å². The Morgan fingerprint density at radius 1 is 1.07 bits per heavy atom. The molecule has 1 heterocycles. The number of ether oxygens (including phenoxy) is 5. The van der Waals surface area contributed by atoms with Gasteiger partial charge in [0.1, 0.15) is 13.2 Å². The third-order valence-electron chi connectivity index (χ3n) is 6.66. The number of esters is 1. The maximum atomic E-state index is 12.5. The van der Waals surface area contributed by atoms with Crippen LogP contribution in [0.3, 0.4) is 0 Å². The normalized spacial score (nSPS) is 15.2. The van der Waals surface area contributed by atoms with E-state index < -0.39 is 24.3 Å². The van der Waals surface area contributed by atoms with Gasteiger partial charge in [0, 0.05) is 21.8 Å². The number of nitrogens with one attached hydrogen (secondary N) is 3. The summed E-state index contributed by atoms with van der Waals surface area (Å²) in [6.45, 7) is 3.79. The molecule has 0 bridgehead atoms. The highest BCUT2D eigenvalue weighted by Gasteiger charge is 2.32. The van der Waals surface area contributed by atoms with Crippen molar-refractivity contribution in [3.8, 4) is 23.0 Å². The second-order valence-electron chi connectivity index (χ2n) is 9.67. The second kappa shape index (κ2) is 15.7. The molecule has 2 amide bonds. The van der Waals surface area contributed by atoms with Gasteiger partial charge in [0.2, 0.25) is 0 Å². The summed E-state index contributed by atoms with van der Waals surface area (Å²) >= 11 is 6.27. The van der Waals surface area contributed by atoms with Gasteiger partial charge in [0.25, 0.3) is 0 Å². The summed E-state index contributed by atoms with van der Waals surface area (Å²) in [6.07, 6.45) is 0.309. The monoisotopic (exact) mass is 638 g/mol. The molecule has 0 fully saturated rings. The lowest BCUT2D eigenvalue weighted by Crippen LogP contribution is -2.45. The molecule has 2 atom stereocenters. The van der Waals surface area contributed by atoms with Gasteiger partial charge in [-0.1, -0.05) is 41.9 Å². The van der Waals surface area contributed by atoms with Crippen LogP contribution < -0.4 is 35.0 Å². The molecule has 0 radical (unpaired) electrons. The van der Waals surface area contributed by atoms with Gasteiger partial charge >= 0.3 is 12.0 Å². The van der Waals surface area contributed by atoms with Gasteiger partial charge in [0.15, 0.2) is 29.2 Å². The predicted molar refractivity (Wildman–Crippen MR) is 168 cm³/mol. The molecule has 0 spiro atoms. The fourth-order valence-electron chi connectivity index (χ4n) is 4.53. The first-order valence-corrected chi connectivity index (χ1v) is 14.4. The molecular formula is C32H35ClN4O8. The molecule has 3 aromatic carbocycles. The van der Waals surface area contributed by atoms with Crippen LogP contribution in [0, 0.1) is 0 Å². The summed E-state index contributed by atoms with van der Waals surface area (Å²) in [6, 6.07) is 16.5. The van der Waals surface area contributed by atoms with Crippen LogP contribution in [0.1, 0.15) is 36.6 Å². The Morgan fingerprint density at radius 3 is 2.60 bits per heavy atom. The molecule has 0 unspecified atom stereocenters. The lowest BCUT2D eigenvalue weighted by atomic mass is 9.95. The minimum atomic E-state index is -1.19. The van der Waals surface area contributed by atoms with Crippen molar-refractivity contribution < 1.29 is 38.4 Å². The third-order valence-corrected chi connectivity index (χ3v) is 7.03. The number of para-hydroxylation sites is 1. The average molecular weight is 639 g/mol. The zero-order valence-electron chi connectivity index (χ0n) is 25.3. The number of urea groups is 1. The van der Waals surface area contributed by atoms with Crippen LogP contribution in [0.15, 0.2) is 77.0 Å². The molecule has 1 aliphatic heterocycles. The highest BCUT2D eigenvalue weighted by molar-refractivity contribution is 6.31. The van der Waals surface area contributed by atoms with Crippen molar-refractivity contribution in [2.75, 3.05) is 27.4 Å². The van der Waals surface area contributed by atoms with Crippen molar-refractivity contribution in [2.45, 2.75) is 32.7 Å². The lowest BCUT2D eigenvalue weighted by Gasteiger charge is -2.28. The van der Waals surface area contributed by atoms with Crippen molar-refractivity contribution in [1.82, 2.24) is 16.1 Å². The van der Waals surface area contributed by atoms with Crippen molar-refractivity contribution in [2.24, 2.45) is 5.10 Å².